The van der Waals surface area contributed by atoms with Gasteiger partial charge in [-0.05, 0) is 31.5 Å². The average Bonchev–Trinajstić information content (AvgIpc) is 3.51. The maximum absolute atomic E-state index is 13.0. The van der Waals surface area contributed by atoms with Gasteiger partial charge in [-0.1, -0.05) is 38.0 Å². The van der Waals surface area contributed by atoms with Crippen molar-refractivity contribution >= 4 is 22.6 Å². The van der Waals surface area contributed by atoms with Crippen LogP contribution in [0.3, 0.4) is 0 Å². The summed E-state index contributed by atoms with van der Waals surface area (Å²) in [6.07, 6.45) is 6.03. The number of hydrogen-bond donors (Lipinski definition) is 2. The Morgan fingerprint density at radius 2 is 1.74 bits per heavy atom. The smallest absolute Gasteiger partial charge is 0.290 e. The number of furan rings is 1. The number of carbonyl (C=O) groups is 2. The molecule has 0 atom stereocenters. The fourth-order valence-corrected chi connectivity index (χ4v) is 3.86. The minimum absolute atomic E-state index is 0.00875. The van der Waals surface area contributed by atoms with E-state index in [0.29, 0.717) is 17.3 Å². The predicted octanol–water partition coefficient (Wildman–Crippen LogP) is 3.23. The van der Waals surface area contributed by atoms with Crippen molar-refractivity contribution in [3.63, 3.8) is 0 Å². The maximum atomic E-state index is 13.0. The zero-order valence-corrected chi connectivity index (χ0v) is 19.4. The second kappa shape index (κ2) is 10.1. The predicted molar refractivity (Wildman–Crippen MR) is 128 cm³/mol. The molecule has 2 amide bonds. The summed E-state index contributed by atoms with van der Waals surface area (Å²) in [5.41, 5.74) is 4.47. The molecule has 0 saturated heterocycles. The molecule has 0 spiro atoms. The fraction of sp³-hybridized carbons (Fsp3) is 0.240. The Labute approximate surface area is 200 Å². The molecule has 10 nitrogen and oxygen atoms in total. The minimum Gasteiger partial charge on any atom is -0.443 e. The number of aryl methyl sites for hydroxylation is 2. The van der Waals surface area contributed by atoms with E-state index in [2.05, 4.69) is 22.9 Å². The first-order valence-electron chi connectivity index (χ1n) is 11.2. The largest absolute Gasteiger partial charge is 0.443 e. The van der Waals surface area contributed by atoms with Crippen molar-refractivity contribution in [2.24, 2.45) is 0 Å². The van der Waals surface area contributed by atoms with Gasteiger partial charge in [-0.2, -0.15) is 10.4 Å². The van der Waals surface area contributed by atoms with Gasteiger partial charge in [-0.15, -0.1) is 0 Å². The van der Waals surface area contributed by atoms with Crippen LogP contribution in [0.4, 0.5) is 0 Å². The fourth-order valence-electron chi connectivity index (χ4n) is 3.86. The molecule has 0 radical (unpaired) electrons. The van der Waals surface area contributed by atoms with E-state index >= 15 is 0 Å². The Bertz CT molecular complexity index is 1490. The molecular formula is C25H24N6O4. The highest BCUT2D eigenvalue weighted by atomic mass is 16.4. The Kier molecular flexibility index (Phi) is 6.78. The van der Waals surface area contributed by atoms with Gasteiger partial charge < -0.3 is 4.42 Å². The van der Waals surface area contributed by atoms with Crippen LogP contribution in [0.1, 0.15) is 58.4 Å². The number of nitrogens with one attached hydrogen (secondary N) is 2. The van der Waals surface area contributed by atoms with E-state index in [-0.39, 0.29) is 34.0 Å². The van der Waals surface area contributed by atoms with Crippen molar-refractivity contribution in [2.45, 2.75) is 39.7 Å². The molecule has 0 aliphatic carbocycles. The summed E-state index contributed by atoms with van der Waals surface area (Å²) in [5, 5.41) is 14.7. The van der Waals surface area contributed by atoms with Crippen molar-refractivity contribution < 1.29 is 14.0 Å². The highest BCUT2D eigenvalue weighted by Crippen LogP contribution is 2.25. The third-order valence-corrected chi connectivity index (χ3v) is 5.59. The second-order valence-electron chi connectivity index (χ2n) is 7.95. The SMILES string of the molecule is CCCCCn1nc(C(=O)NNC(=O)c2c(C)oc(-n3cccc3)c2C#N)c2ccccc2c1=O. The molecule has 178 valence electrons. The Morgan fingerprint density at radius 1 is 1.06 bits per heavy atom. The van der Waals surface area contributed by atoms with Crippen molar-refractivity contribution in [2.75, 3.05) is 0 Å². The molecule has 0 aliphatic rings. The summed E-state index contributed by atoms with van der Waals surface area (Å²) in [6, 6.07) is 12.2. The Balaban J connectivity index is 1.60. The van der Waals surface area contributed by atoms with E-state index in [9.17, 15) is 19.6 Å². The van der Waals surface area contributed by atoms with E-state index < -0.39 is 11.8 Å². The topological polar surface area (TPSA) is 135 Å². The van der Waals surface area contributed by atoms with Gasteiger partial charge in [0.25, 0.3) is 17.4 Å². The molecule has 2 N–H and O–H groups in total. The molecule has 35 heavy (non-hydrogen) atoms. The molecule has 0 saturated carbocycles. The van der Waals surface area contributed by atoms with Crippen LogP contribution in [0.15, 0.2) is 58.0 Å². The standard InChI is InChI=1S/C25H24N6O4/c1-3-4-7-14-31-24(34)18-11-6-5-10-17(18)21(29-31)23(33)28-27-22(32)20-16(2)35-25(19(20)15-26)30-12-8-9-13-30/h5-6,8-13H,3-4,7,14H2,1-2H3,(H,27,32)(H,28,33). The second-order valence-corrected chi connectivity index (χ2v) is 7.95. The number of amides is 2. The number of nitriles is 1. The van der Waals surface area contributed by atoms with Crippen LogP contribution in [0.5, 0.6) is 0 Å². The van der Waals surface area contributed by atoms with Gasteiger partial charge in [0.05, 0.1) is 5.39 Å². The first kappa shape index (κ1) is 23.5. The van der Waals surface area contributed by atoms with Crippen LogP contribution in [0.2, 0.25) is 0 Å². The summed E-state index contributed by atoms with van der Waals surface area (Å²) in [7, 11) is 0. The molecule has 1 aromatic carbocycles. The van der Waals surface area contributed by atoms with Crippen LogP contribution in [0.25, 0.3) is 16.7 Å². The highest BCUT2D eigenvalue weighted by Gasteiger charge is 2.25. The maximum Gasteiger partial charge on any atom is 0.290 e. The number of hydrazine groups is 1. The molecule has 10 heteroatoms. The Morgan fingerprint density at radius 3 is 2.43 bits per heavy atom. The number of carbonyl (C=O) groups excluding carboxylic acids is 2. The van der Waals surface area contributed by atoms with Crippen molar-refractivity contribution in [3.05, 3.63) is 81.7 Å². The zero-order valence-electron chi connectivity index (χ0n) is 19.4. The molecule has 3 aromatic heterocycles. The quantitative estimate of drug-likeness (QED) is 0.313. The summed E-state index contributed by atoms with van der Waals surface area (Å²) >= 11 is 0. The first-order chi connectivity index (χ1) is 17.0. The Hall–Kier alpha value is -4.65. The lowest BCUT2D eigenvalue weighted by Crippen LogP contribution is -2.43. The van der Waals surface area contributed by atoms with Crippen molar-refractivity contribution in [1.82, 2.24) is 25.2 Å². The molecule has 4 aromatic rings. The number of nitrogens with zero attached hydrogens (tertiary/aromatic N) is 4. The van der Waals surface area contributed by atoms with Crippen LogP contribution in [0, 0.1) is 18.3 Å². The molecule has 0 unspecified atom stereocenters. The van der Waals surface area contributed by atoms with Gasteiger partial charge in [-0.3, -0.25) is 29.8 Å². The van der Waals surface area contributed by atoms with Gasteiger partial charge in [0.15, 0.2) is 5.69 Å². The number of hydrogen-bond acceptors (Lipinski definition) is 6. The lowest BCUT2D eigenvalue weighted by Gasteiger charge is -2.12. The normalized spacial score (nSPS) is 10.8. The number of rotatable bonds is 7. The number of unbranched alkanes of at least 4 members (excludes halogenated alkanes) is 2. The summed E-state index contributed by atoms with van der Waals surface area (Å²) in [4.78, 5) is 38.7. The van der Waals surface area contributed by atoms with Gasteiger partial charge in [-0.25, -0.2) is 4.68 Å². The van der Waals surface area contributed by atoms with Crippen LogP contribution in [-0.2, 0) is 6.54 Å². The first-order valence-corrected chi connectivity index (χ1v) is 11.2. The molecule has 0 fully saturated rings. The van der Waals surface area contributed by atoms with Crippen molar-refractivity contribution in [1.29, 1.82) is 5.26 Å². The lowest BCUT2D eigenvalue weighted by molar-refractivity contribution is 0.0842. The average molecular weight is 473 g/mol. The van der Waals surface area contributed by atoms with Gasteiger partial charge in [0, 0.05) is 24.3 Å². The number of benzene rings is 1. The molecule has 0 bridgehead atoms. The number of aromatic nitrogens is 3. The summed E-state index contributed by atoms with van der Waals surface area (Å²) in [5.74, 6) is -0.970. The van der Waals surface area contributed by atoms with E-state index in [1.807, 2.05) is 6.07 Å². The molecular weight excluding hydrogens is 448 g/mol. The third-order valence-electron chi connectivity index (χ3n) is 5.59. The van der Waals surface area contributed by atoms with E-state index in [0.717, 1.165) is 19.3 Å². The monoisotopic (exact) mass is 472 g/mol. The van der Waals surface area contributed by atoms with E-state index in [1.54, 1.807) is 60.3 Å². The zero-order chi connectivity index (χ0) is 24.9. The van der Waals surface area contributed by atoms with Crippen molar-refractivity contribution in [3.8, 4) is 12.0 Å². The number of fused-ring (bicyclic) bond motifs is 1. The molecule has 0 aliphatic heterocycles. The van der Waals surface area contributed by atoms with Crippen LogP contribution >= 0.6 is 0 Å². The lowest BCUT2D eigenvalue weighted by atomic mass is 10.1. The third kappa shape index (κ3) is 4.56. The van der Waals surface area contributed by atoms with Crippen LogP contribution in [-0.4, -0.2) is 26.2 Å². The van der Waals surface area contributed by atoms with Gasteiger partial charge >= 0.3 is 0 Å². The van der Waals surface area contributed by atoms with E-state index in [1.165, 1.54) is 4.68 Å². The molecule has 3 heterocycles. The van der Waals surface area contributed by atoms with Crippen LogP contribution < -0.4 is 16.4 Å². The minimum atomic E-state index is -0.713. The van der Waals surface area contributed by atoms with E-state index in [4.69, 9.17) is 4.42 Å². The summed E-state index contributed by atoms with van der Waals surface area (Å²) < 4.78 is 8.51. The van der Waals surface area contributed by atoms with Gasteiger partial charge in [0.2, 0.25) is 5.88 Å². The van der Waals surface area contributed by atoms with Gasteiger partial charge in [0.1, 0.15) is 23.0 Å². The highest BCUT2D eigenvalue weighted by molar-refractivity contribution is 6.06. The summed E-state index contributed by atoms with van der Waals surface area (Å²) in [6.45, 7) is 4.00. The molecule has 4 rings (SSSR count).